The van der Waals surface area contributed by atoms with Gasteiger partial charge in [0.2, 0.25) is 0 Å². The molecule has 1 aromatic rings. The lowest BCUT2D eigenvalue weighted by molar-refractivity contribution is -0.246. The summed E-state index contributed by atoms with van der Waals surface area (Å²) >= 11 is 0. The molecule has 2 fully saturated rings. The van der Waals surface area contributed by atoms with E-state index in [-0.39, 0.29) is 24.5 Å². The molecule has 0 unspecified atom stereocenters. The molecule has 4 N–H and O–H groups in total. The van der Waals surface area contributed by atoms with Gasteiger partial charge in [0, 0.05) is 12.5 Å². The highest BCUT2D eigenvalue weighted by atomic mass is 16.8. The lowest BCUT2D eigenvalue weighted by Gasteiger charge is -2.34. The molecule has 0 spiro atoms. The van der Waals surface area contributed by atoms with Gasteiger partial charge < -0.3 is 39.4 Å². The number of hydrogen-bond acceptors (Lipinski definition) is 10. The summed E-state index contributed by atoms with van der Waals surface area (Å²) in [4.78, 5) is 23.9. The molecule has 0 aromatic heterocycles. The monoisotopic (exact) mass is 396 g/mol. The minimum Gasteiger partial charge on any atom is -0.504 e. The number of aromatic hydroxyl groups is 2. The fraction of sp³-hybridized carbons (Fsp3) is 0.444. The topological polar surface area (TPSA) is 152 Å². The van der Waals surface area contributed by atoms with Crippen LogP contribution in [0.5, 0.6) is 11.5 Å². The highest BCUT2D eigenvalue weighted by Gasteiger charge is 2.62. The Kier molecular flexibility index (Phi) is 5.57. The van der Waals surface area contributed by atoms with Gasteiger partial charge in [0.1, 0.15) is 24.9 Å². The predicted octanol–water partition coefficient (Wildman–Crippen LogP) is -0.567. The van der Waals surface area contributed by atoms with Crippen molar-refractivity contribution < 1.29 is 49.0 Å². The summed E-state index contributed by atoms with van der Waals surface area (Å²) in [6.07, 6.45) is -2.50. The number of fused-ring (bicyclic) bond motifs is 2. The van der Waals surface area contributed by atoms with Crippen molar-refractivity contribution >= 4 is 18.0 Å². The smallest absolute Gasteiger partial charge is 0.366 e. The van der Waals surface area contributed by atoms with Crippen LogP contribution < -0.4 is 0 Å². The molecule has 0 amide bonds. The van der Waals surface area contributed by atoms with Gasteiger partial charge in [-0.05, 0) is 23.8 Å². The number of phenols is 2. The number of aliphatic hydroxyl groups is 2. The second kappa shape index (κ2) is 7.76. The fourth-order valence-corrected chi connectivity index (χ4v) is 3.12. The van der Waals surface area contributed by atoms with E-state index in [0.717, 1.165) is 13.2 Å². The highest BCUT2D eigenvalue weighted by molar-refractivity contribution is 5.87. The van der Waals surface area contributed by atoms with Gasteiger partial charge in [-0.3, -0.25) is 0 Å². The Bertz CT molecular complexity index is 791. The van der Waals surface area contributed by atoms with Gasteiger partial charge in [-0.15, -0.1) is 0 Å². The Morgan fingerprint density at radius 2 is 2.00 bits per heavy atom. The number of esters is 2. The first-order valence-electron chi connectivity index (χ1n) is 8.43. The maximum Gasteiger partial charge on any atom is 0.366 e. The molecule has 28 heavy (non-hydrogen) atoms. The second-order valence-corrected chi connectivity index (χ2v) is 6.46. The van der Waals surface area contributed by atoms with E-state index in [2.05, 4.69) is 4.74 Å². The first-order chi connectivity index (χ1) is 13.3. The second-order valence-electron chi connectivity index (χ2n) is 6.46. The number of ether oxygens (including phenoxy) is 4. The molecule has 0 aliphatic carbocycles. The molecule has 2 bridgehead atoms. The van der Waals surface area contributed by atoms with Gasteiger partial charge >= 0.3 is 11.9 Å². The first kappa shape index (κ1) is 20.1. The van der Waals surface area contributed by atoms with Gasteiger partial charge in [0.25, 0.3) is 5.79 Å². The maximum absolute atomic E-state index is 12.0. The van der Waals surface area contributed by atoms with Crippen LogP contribution in [0.25, 0.3) is 6.08 Å². The molecule has 2 heterocycles. The van der Waals surface area contributed by atoms with E-state index in [9.17, 15) is 30.0 Å². The van der Waals surface area contributed by atoms with Crippen LogP contribution in [0.2, 0.25) is 0 Å². The number of hydrogen-bond donors (Lipinski definition) is 4. The summed E-state index contributed by atoms with van der Waals surface area (Å²) in [6.45, 7) is -0.336. The van der Waals surface area contributed by atoms with Gasteiger partial charge in [0.15, 0.2) is 11.5 Å². The third kappa shape index (κ3) is 3.80. The highest BCUT2D eigenvalue weighted by Crippen LogP contribution is 2.41. The number of carbonyl (C=O) groups excluding carboxylic acids is 2. The van der Waals surface area contributed by atoms with E-state index >= 15 is 0 Å². The van der Waals surface area contributed by atoms with Crippen LogP contribution in [-0.2, 0) is 28.5 Å². The van der Waals surface area contributed by atoms with E-state index in [1.807, 2.05) is 0 Å². The fourth-order valence-electron chi connectivity index (χ4n) is 3.12. The average Bonchev–Trinajstić information content (AvgIpc) is 3.00. The molecule has 2 aliphatic rings. The van der Waals surface area contributed by atoms with Crippen LogP contribution in [0.3, 0.4) is 0 Å². The minimum absolute atomic E-state index is 0.287. The maximum atomic E-state index is 12.0. The third-order valence-corrected chi connectivity index (χ3v) is 4.54. The molecular formula is C18H20O10. The number of phenolic OH excluding ortho intramolecular Hbond substituents is 2. The number of aliphatic hydroxyl groups excluding tert-OH is 2. The van der Waals surface area contributed by atoms with Gasteiger partial charge in [-0.25, -0.2) is 9.59 Å². The lowest BCUT2D eigenvalue weighted by atomic mass is 9.96. The number of carbonyl (C=O) groups is 2. The van der Waals surface area contributed by atoms with Crippen LogP contribution in [0.1, 0.15) is 12.0 Å². The summed E-state index contributed by atoms with van der Waals surface area (Å²) in [5, 5.41) is 38.7. The van der Waals surface area contributed by atoms with Crippen LogP contribution in [0, 0.1) is 0 Å². The molecular weight excluding hydrogens is 376 g/mol. The summed E-state index contributed by atoms with van der Waals surface area (Å²) in [7, 11) is 1.13. The summed E-state index contributed by atoms with van der Waals surface area (Å²) in [5.74, 6) is -4.08. The molecule has 10 nitrogen and oxygen atoms in total. The zero-order valence-electron chi connectivity index (χ0n) is 14.8. The normalized spacial score (nSPS) is 31.7. The zero-order valence-corrected chi connectivity index (χ0v) is 14.8. The van der Waals surface area contributed by atoms with E-state index < -0.39 is 42.1 Å². The van der Waals surface area contributed by atoms with Gasteiger partial charge in [0.05, 0.1) is 13.2 Å². The van der Waals surface area contributed by atoms with Crippen molar-refractivity contribution in [2.45, 2.75) is 36.6 Å². The number of methoxy groups -OCH3 is 1. The van der Waals surface area contributed by atoms with Gasteiger partial charge in [-0.1, -0.05) is 6.07 Å². The molecule has 0 radical (unpaired) electrons. The Balaban J connectivity index is 1.62. The molecule has 152 valence electrons. The SMILES string of the molecule is COC(=O)[C@]12C[C@@H](O)[C@@H](O)[C@H](O1)[C@@H](COC(=O)/C=C/c1ccc(O)c(O)c1)O2. The van der Waals surface area contributed by atoms with Crippen molar-refractivity contribution in [1.82, 2.24) is 0 Å². The Labute approximate surface area is 159 Å². The van der Waals surface area contributed by atoms with Crippen molar-refractivity contribution in [2.75, 3.05) is 13.7 Å². The molecule has 1 aromatic carbocycles. The Hall–Kier alpha value is -2.66. The quantitative estimate of drug-likeness (QED) is 0.289. The third-order valence-electron chi connectivity index (χ3n) is 4.54. The van der Waals surface area contributed by atoms with E-state index in [0.29, 0.717) is 5.56 Å². The summed E-state index contributed by atoms with van der Waals surface area (Å²) in [5.41, 5.74) is 0.451. The number of benzene rings is 1. The van der Waals surface area contributed by atoms with Crippen LogP contribution in [0.15, 0.2) is 24.3 Å². The van der Waals surface area contributed by atoms with E-state index in [4.69, 9.17) is 14.2 Å². The standard InChI is InChI=1S/C18H20O10/c1-25-17(24)18-7-12(21)15(23)16(28-18)13(27-18)8-26-14(22)5-3-9-2-4-10(19)11(20)6-9/h2-6,12-13,15-16,19-21,23H,7-8H2,1H3/b5-3+/t12-,13-,15-,16-,18+/m1/s1. The molecule has 2 aliphatic heterocycles. The number of rotatable bonds is 5. The Morgan fingerprint density at radius 1 is 1.25 bits per heavy atom. The van der Waals surface area contributed by atoms with Crippen LogP contribution in [0.4, 0.5) is 0 Å². The average molecular weight is 396 g/mol. The van der Waals surface area contributed by atoms with Crippen molar-refractivity contribution in [3.8, 4) is 11.5 Å². The zero-order chi connectivity index (χ0) is 20.5. The Morgan fingerprint density at radius 3 is 2.68 bits per heavy atom. The van der Waals surface area contributed by atoms with Crippen molar-refractivity contribution in [3.05, 3.63) is 29.8 Å². The van der Waals surface area contributed by atoms with Crippen molar-refractivity contribution in [3.63, 3.8) is 0 Å². The summed E-state index contributed by atoms with van der Waals surface area (Å²) < 4.78 is 20.7. The van der Waals surface area contributed by atoms with Gasteiger partial charge in [-0.2, -0.15) is 0 Å². The lowest BCUT2D eigenvalue weighted by Crippen LogP contribution is -2.54. The first-order valence-corrected chi connectivity index (χ1v) is 8.43. The molecule has 3 rings (SSSR count). The molecule has 0 saturated carbocycles. The summed E-state index contributed by atoms with van der Waals surface area (Å²) in [6, 6.07) is 4.00. The largest absolute Gasteiger partial charge is 0.504 e. The molecule has 2 saturated heterocycles. The van der Waals surface area contributed by atoms with E-state index in [1.54, 1.807) is 0 Å². The van der Waals surface area contributed by atoms with Crippen molar-refractivity contribution in [2.24, 2.45) is 0 Å². The van der Waals surface area contributed by atoms with Crippen LogP contribution >= 0.6 is 0 Å². The van der Waals surface area contributed by atoms with Crippen molar-refractivity contribution in [1.29, 1.82) is 0 Å². The van der Waals surface area contributed by atoms with E-state index in [1.165, 1.54) is 24.3 Å². The van der Waals surface area contributed by atoms with Crippen LogP contribution in [-0.4, -0.2) is 76.3 Å². The molecule has 10 heteroatoms. The predicted molar refractivity (Wildman–Crippen MR) is 90.9 cm³/mol. The molecule has 5 atom stereocenters. The minimum atomic E-state index is -1.85.